The van der Waals surface area contributed by atoms with E-state index in [1.807, 2.05) is 28.9 Å². The highest BCUT2D eigenvalue weighted by Crippen LogP contribution is 2.30. The lowest BCUT2D eigenvalue weighted by molar-refractivity contribution is 0.801. The molecule has 1 aromatic heterocycles. The van der Waals surface area contributed by atoms with Crippen LogP contribution in [-0.4, -0.2) is 9.78 Å². The number of fused-ring (bicyclic) bond motifs is 1. The van der Waals surface area contributed by atoms with Crippen LogP contribution >= 0.6 is 27.5 Å². The molecular formula is C12H10BrClN2. The standard InChI is InChI=1S/C12H10BrClN2/c13-8-4-6-9(7-5-8)16-12(14)10-2-1-3-11(10)15-16/h4-7H,1-3H2. The summed E-state index contributed by atoms with van der Waals surface area (Å²) >= 11 is 9.75. The number of aromatic nitrogens is 2. The molecule has 0 saturated carbocycles. The Hall–Kier alpha value is -0.800. The van der Waals surface area contributed by atoms with E-state index in [-0.39, 0.29) is 0 Å². The minimum absolute atomic E-state index is 0.773. The van der Waals surface area contributed by atoms with E-state index in [2.05, 4.69) is 21.0 Å². The van der Waals surface area contributed by atoms with Crippen LogP contribution in [0.15, 0.2) is 28.7 Å². The first kappa shape index (κ1) is 10.4. The van der Waals surface area contributed by atoms with Crippen LogP contribution in [0.4, 0.5) is 0 Å². The second-order valence-corrected chi connectivity index (χ2v) is 5.23. The molecule has 4 heteroatoms. The molecule has 0 atom stereocenters. The van der Waals surface area contributed by atoms with Gasteiger partial charge in [-0.3, -0.25) is 0 Å². The molecule has 0 amide bonds. The van der Waals surface area contributed by atoms with Crippen molar-refractivity contribution in [1.29, 1.82) is 0 Å². The molecule has 0 spiro atoms. The van der Waals surface area contributed by atoms with Crippen molar-refractivity contribution >= 4 is 27.5 Å². The Bertz CT molecular complexity index is 531. The second-order valence-electron chi connectivity index (χ2n) is 3.96. The fraction of sp³-hybridized carbons (Fsp3) is 0.250. The number of halogens is 2. The Labute approximate surface area is 107 Å². The average Bonchev–Trinajstić information content (AvgIpc) is 2.84. The van der Waals surface area contributed by atoms with Crippen molar-refractivity contribution in [2.45, 2.75) is 19.3 Å². The maximum atomic E-state index is 6.33. The Morgan fingerprint density at radius 3 is 2.62 bits per heavy atom. The molecule has 1 aliphatic carbocycles. The molecule has 1 heterocycles. The van der Waals surface area contributed by atoms with Crippen molar-refractivity contribution in [3.05, 3.63) is 45.1 Å². The average molecular weight is 298 g/mol. The zero-order valence-corrected chi connectivity index (χ0v) is 10.9. The van der Waals surface area contributed by atoms with Gasteiger partial charge >= 0.3 is 0 Å². The van der Waals surface area contributed by atoms with Gasteiger partial charge in [-0.05, 0) is 43.5 Å². The predicted molar refractivity (Wildman–Crippen MR) is 68.3 cm³/mol. The normalized spacial score (nSPS) is 14.1. The molecule has 0 unspecified atom stereocenters. The van der Waals surface area contributed by atoms with Crippen LogP contribution in [0.3, 0.4) is 0 Å². The van der Waals surface area contributed by atoms with Gasteiger partial charge in [0.2, 0.25) is 0 Å². The maximum absolute atomic E-state index is 6.33. The largest absolute Gasteiger partial charge is 0.222 e. The lowest BCUT2D eigenvalue weighted by Gasteiger charge is -2.04. The third-order valence-electron chi connectivity index (χ3n) is 2.92. The summed E-state index contributed by atoms with van der Waals surface area (Å²) in [5.74, 6) is 0. The Morgan fingerprint density at radius 2 is 1.94 bits per heavy atom. The second kappa shape index (κ2) is 3.90. The highest BCUT2D eigenvalue weighted by molar-refractivity contribution is 9.10. The first-order chi connectivity index (χ1) is 7.75. The molecule has 1 aromatic carbocycles. The summed E-state index contributed by atoms with van der Waals surface area (Å²) in [6.45, 7) is 0. The zero-order valence-electron chi connectivity index (χ0n) is 8.58. The van der Waals surface area contributed by atoms with E-state index in [4.69, 9.17) is 11.6 Å². The van der Waals surface area contributed by atoms with Crippen LogP contribution in [0, 0.1) is 0 Å². The monoisotopic (exact) mass is 296 g/mol. The maximum Gasteiger partial charge on any atom is 0.136 e. The Morgan fingerprint density at radius 1 is 1.19 bits per heavy atom. The van der Waals surface area contributed by atoms with Crippen molar-refractivity contribution in [3.8, 4) is 5.69 Å². The van der Waals surface area contributed by atoms with Crippen molar-refractivity contribution < 1.29 is 0 Å². The van der Waals surface area contributed by atoms with Gasteiger partial charge in [0.15, 0.2) is 0 Å². The number of hydrogen-bond acceptors (Lipinski definition) is 1. The summed E-state index contributed by atoms with van der Waals surface area (Å²) in [5, 5.41) is 5.33. The smallest absolute Gasteiger partial charge is 0.136 e. The number of rotatable bonds is 1. The van der Waals surface area contributed by atoms with Crippen molar-refractivity contribution in [2.24, 2.45) is 0 Å². The van der Waals surface area contributed by atoms with Gasteiger partial charge in [-0.25, -0.2) is 4.68 Å². The Kier molecular flexibility index (Phi) is 2.52. The predicted octanol–water partition coefficient (Wildman–Crippen LogP) is 3.78. The summed E-state index contributed by atoms with van der Waals surface area (Å²) in [5.41, 5.74) is 3.40. The summed E-state index contributed by atoms with van der Waals surface area (Å²) in [6, 6.07) is 8.02. The van der Waals surface area contributed by atoms with E-state index in [1.54, 1.807) is 0 Å². The third-order valence-corrected chi connectivity index (χ3v) is 3.83. The van der Waals surface area contributed by atoms with Gasteiger partial charge in [-0.1, -0.05) is 27.5 Å². The van der Waals surface area contributed by atoms with E-state index in [1.165, 1.54) is 12.0 Å². The molecule has 0 fully saturated rings. The first-order valence-electron chi connectivity index (χ1n) is 5.28. The van der Waals surface area contributed by atoms with Crippen LogP contribution < -0.4 is 0 Å². The third kappa shape index (κ3) is 1.59. The van der Waals surface area contributed by atoms with Crippen molar-refractivity contribution in [2.75, 3.05) is 0 Å². The fourth-order valence-electron chi connectivity index (χ4n) is 2.11. The number of aryl methyl sites for hydroxylation is 1. The van der Waals surface area contributed by atoms with E-state index in [9.17, 15) is 0 Å². The van der Waals surface area contributed by atoms with E-state index < -0.39 is 0 Å². The van der Waals surface area contributed by atoms with Crippen LogP contribution in [0.2, 0.25) is 5.15 Å². The van der Waals surface area contributed by atoms with Crippen LogP contribution in [0.1, 0.15) is 17.7 Å². The van der Waals surface area contributed by atoms with Gasteiger partial charge in [0.1, 0.15) is 5.15 Å². The molecule has 82 valence electrons. The molecule has 0 N–H and O–H groups in total. The number of nitrogens with zero attached hydrogens (tertiary/aromatic N) is 2. The molecule has 16 heavy (non-hydrogen) atoms. The quantitative estimate of drug-likeness (QED) is 0.783. The lowest BCUT2D eigenvalue weighted by atomic mass is 10.3. The molecule has 3 rings (SSSR count). The van der Waals surface area contributed by atoms with Gasteiger partial charge < -0.3 is 0 Å². The molecule has 1 aliphatic rings. The van der Waals surface area contributed by atoms with Crippen LogP contribution in [0.5, 0.6) is 0 Å². The first-order valence-corrected chi connectivity index (χ1v) is 6.45. The summed E-state index contributed by atoms with van der Waals surface area (Å²) in [6.07, 6.45) is 3.29. The van der Waals surface area contributed by atoms with Gasteiger partial charge in [0, 0.05) is 10.0 Å². The minimum atomic E-state index is 0.773. The van der Waals surface area contributed by atoms with E-state index in [0.29, 0.717) is 0 Å². The van der Waals surface area contributed by atoms with Gasteiger partial charge in [0.25, 0.3) is 0 Å². The number of hydrogen-bond donors (Lipinski definition) is 0. The van der Waals surface area contributed by atoms with Crippen molar-refractivity contribution in [3.63, 3.8) is 0 Å². The summed E-state index contributed by atoms with van der Waals surface area (Å²) in [4.78, 5) is 0. The zero-order chi connectivity index (χ0) is 11.1. The SMILES string of the molecule is Clc1c2c(nn1-c1ccc(Br)cc1)CCC2. The summed E-state index contributed by atoms with van der Waals surface area (Å²) in [7, 11) is 0. The van der Waals surface area contributed by atoms with E-state index >= 15 is 0 Å². The molecular weight excluding hydrogens is 288 g/mol. The highest BCUT2D eigenvalue weighted by Gasteiger charge is 2.21. The molecule has 0 radical (unpaired) electrons. The minimum Gasteiger partial charge on any atom is -0.222 e. The van der Waals surface area contributed by atoms with Gasteiger partial charge in [0.05, 0.1) is 11.4 Å². The number of benzene rings is 1. The lowest BCUT2D eigenvalue weighted by Crippen LogP contribution is -1.97. The fourth-order valence-corrected chi connectivity index (χ4v) is 2.71. The molecule has 0 bridgehead atoms. The molecule has 2 nitrogen and oxygen atoms in total. The Balaban J connectivity index is 2.10. The van der Waals surface area contributed by atoms with Crippen LogP contribution in [-0.2, 0) is 12.8 Å². The topological polar surface area (TPSA) is 17.8 Å². The van der Waals surface area contributed by atoms with Crippen molar-refractivity contribution in [1.82, 2.24) is 9.78 Å². The van der Waals surface area contributed by atoms with Gasteiger partial charge in [-0.15, -0.1) is 0 Å². The molecule has 2 aromatic rings. The highest BCUT2D eigenvalue weighted by atomic mass is 79.9. The van der Waals surface area contributed by atoms with Gasteiger partial charge in [-0.2, -0.15) is 5.10 Å². The van der Waals surface area contributed by atoms with Crippen LogP contribution in [0.25, 0.3) is 5.69 Å². The van der Waals surface area contributed by atoms with E-state index in [0.717, 1.165) is 33.8 Å². The molecule has 0 aliphatic heterocycles. The molecule has 0 saturated heterocycles. The summed E-state index contributed by atoms with van der Waals surface area (Å²) < 4.78 is 2.89.